The molecule has 7 heteroatoms. The van der Waals surface area contributed by atoms with Crippen LogP contribution >= 0.6 is 11.3 Å². The third-order valence-corrected chi connectivity index (χ3v) is 3.20. The number of aryl methyl sites for hydroxylation is 1. The monoisotopic (exact) mass is 258 g/mol. The molecule has 0 saturated carbocycles. The fourth-order valence-electron chi connectivity index (χ4n) is 1.32. The molecule has 1 atom stereocenters. The quantitative estimate of drug-likeness (QED) is 0.789. The number of nitrogens with one attached hydrogen (secondary N) is 1. The first-order chi connectivity index (χ1) is 7.95. The maximum absolute atomic E-state index is 11.6. The summed E-state index contributed by atoms with van der Waals surface area (Å²) < 4.78 is 1.31. The molecule has 1 rings (SSSR count). The maximum Gasteiger partial charge on any atom is 0.326 e. The van der Waals surface area contributed by atoms with E-state index in [0.717, 1.165) is 11.3 Å². The Labute approximate surface area is 102 Å². The smallest absolute Gasteiger partial charge is 0.326 e. The molecule has 0 aliphatic heterocycles. The minimum absolute atomic E-state index is 0.141. The Balaban J connectivity index is 2.68. The summed E-state index contributed by atoms with van der Waals surface area (Å²) in [5.41, 5.74) is 0.693. The number of aromatic nitrogens is 1. The van der Waals surface area contributed by atoms with E-state index in [0.29, 0.717) is 12.1 Å². The van der Waals surface area contributed by atoms with E-state index in [2.05, 4.69) is 5.32 Å². The number of nitrogens with zero attached hydrogens (tertiary/aromatic N) is 1. The van der Waals surface area contributed by atoms with Gasteiger partial charge in [0.05, 0.1) is 0 Å². The number of hydrogen-bond donors (Lipinski definition) is 2. The number of rotatable bonds is 5. The molecule has 1 unspecified atom stereocenters. The lowest BCUT2D eigenvalue weighted by molar-refractivity contribution is -0.142. The summed E-state index contributed by atoms with van der Waals surface area (Å²) >= 11 is 1.02. The summed E-state index contributed by atoms with van der Waals surface area (Å²) in [7, 11) is 0. The molecule has 17 heavy (non-hydrogen) atoms. The van der Waals surface area contributed by atoms with Gasteiger partial charge in [-0.1, -0.05) is 18.3 Å². The molecule has 6 nitrogen and oxygen atoms in total. The van der Waals surface area contributed by atoms with Gasteiger partial charge in [-0.2, -0.15) is 0 Å². The van der Waals surface area contributed by atoms with Crippen molar-refractivity contribution in [3.63, 3.8) is 0 Å². The first-order valence-electron chi connectivity index (χ1n) is 5.12. The first-order valence-corrected chi connectivity index (χ1v) is 6.00. The number of amides is 1. The average molecular weight is 258 g/mol. The van der Waals surface area contributed by atoms with Crippen molar-refractivity contribution in [2.45, 2.75) is 32.9 Å². The summed E-state index contributed by atoms with van der Waals surface area (Å²) in [6.45, 7) is 3.25. The Morgan fingerprint density at radius 3 is 2.65 bits per heavy atom. The van der Waals surface area contributed by atoms with Gasteiger partial charge in [0.2, 0.25) is 5.91 Å². The fourth-order valence-corrected chi connectivity index (χ4v) is 2.05. The number of thiazole rings is 1. The lowest BCUT2D eigenvalue weighted by Crippen LogP contribution is -2.42. The number of aliphatic carboxylic acids is 1. The minimum Gasteiger partial charge on any atom is -0.480 e. The van der Waals surface area contributed by atoms with Crippen molar-refractivity contribution in [2.24, 2.45) is 0 Å². The number of hydrogen-bond acceptors (Lipinski definition) is 4. The molecule has 1 aromatic heterocycles. The second kappa shape index (κ2) is 5.62. The third-order valence-electron chi connectivity index (χ3n) is 2.32. The van der Waals surface area contributed by atoms with Gasteiger partial charge in [0.15, 0.2) is 0 Å². The van der Waals surface area contributed by atoms with Crippen molar-refractivity contribution in [3.8, 4) is 0 Å². The van der Waals surface area contributed by atoms with Gasteiger partial charge in [-0.25, -0.2) is 4.79 Å². The van der Waals surface area contributed by atoms with Gasteiger partial charge < -0.3 is 10.4 Å². The summed E-state index contributed by atoms with van der Waals surface area (Å²) in [5.74, 6) is -1.54. The van der Waals surface area contributed by atoms with Crippen LogP contribution in [-0.2, 0) is 16.1 Å². The molecule has 0 aliphatic rings. The normalized spacial score (nSPS) is 12.1. The second-order valence-electron chi connectivity index (χ2n) is 3.60. The van der Waals surface area contributed by atoms with Crippen molar-refractivity contribution in [3.05, 3.63) is 20.7 Å². The lowest BCUT2D eigenvalue weighted by Gasteiger charge is -2.12. The van der Waals surface area contributed by atoms with Crippen molar-refractivity contribution in [1.82, 2.24) is 9.88 Å². The zero-order chi connectivity index (χ0) is 13.0. The van der Waals surface area contributed by atoms with Crippen LogP contribution < -0.4 is 10.2 Å². The van der Waals surface area contributed by atoms with Crippen LogP contribution in [0.25, 0.3) is 0 Å². The largest absolute Gasteiger partial charge is 0.480 e. The van der Waals surface area contributed by atoms with Gasteiger partial charge >= 0.3 is 10.8 Å². The molecular formula is C10H14N2O4S. The van der Waals surface area contributed by atoms with Gasteiger partial charge in [-0.3, -0.25) is 14.2 Å². The van der Waals surface area contributed by atoms with E-state index >= 15 is 0 Å². The van der Waals surface area contributed by atoms with Crippen LogP contribution in [0.5, 0.6) is 0 Å². The lowest BCUT2D eigenvalue weighted by atomic mass is 10.2. The van der Waals surface area contributed by atoms with Gasteiger partial charge in [0.25, 0.3) is 0 Å². The second-order valence-corrected chi connectivity index (χ2v) is 4.42. The molecule has 0 bridgehead atoms. The third kappa shape index (κ3) is 3.42. The molecule has 94 valence electrons. The van der Waals surface area contributed by atoms with Crippen LogP contribution in [0, 0.1) is 6.92 Å². The molecule has 2 N–H and O–H groups in total. The van der Waals surface area contributed by atoms with Crippen LogP contribution in [0.4, 0.5) is 0 Å². The van der Waals surface area contributed by atoms with Crippen LogP contribution in [0.1, 0.15) is 19.0 Å². The topological polar surface area (TPSA) is 88.4 Å². The van der Waals surface area contributed by atoms with E-state index in [1.54, 1.807) is 19.2 Å². The van der Waals surface area contributed by atoms with Crippen LogP contribution in [0.3, 0.4) is 0 Å². The van der Waals surface area contributed by atoms with Crippen molar-refractivity contribution in [1.29, 1.82) is 0 Å². The highest BCUT2D eigenvalue weighted by molar-refractivity contribution is 7.07. The first kappa shape index (κ1) is 13.4. The van der Waals surface area contributed by atoms with E-state index < -0.39 is 17.9 Å². The Morgan fingerprint density at radius 2 is 2.24 bits per heavy atom. The van der Waals surface area contributed by atoms with E-state index in [4.69, 9.17) is 5.11 Å². The summed E-state index contributed by atoms with van der Waals surface area (Å²) in [4.78, 5) is 33.4. The highest BCUT2D eigenvalue weighted by Gasteiger charge is 2.18. The molecule has 0 saturated heterocycles. The van der Waals surface area contributed by atoms with Crippen LogP contribution in [0.2, 0.25) is 0 Å². The number of carboxylic acids is 1. The van der Waals surface area contributed by atoms with E-state index in [1.807, 2.05) is 0 Å². The summed E-state index contributed by atoms with van der Waals surface area (Å²) in [5, 5.41) is 12.8. The zero-order valence-electron chi connectivity index (χ0n) is 9.60. The van der Waals surface area contributed by atoms with Gasteiger partial charge in [-0.15, -0.1) is 0 Å². The molecule has 1 aromatic rings. The van der Waals surface area contributed by atoms with Gasteiger partial charge in [0.1, 0.15) is 12.6 Å². The molecule has 0 fully saturated rings. The zero-order valence-corrected chi connectivity index (χ0v) is 10.4. The predicted molar refractivity (Wildman–Crippen MR) is 63.2 cm³/mol. The van der Waals surface area contributed by atoms with E-state index in [9.17, 15) is 14.4 Å². The van der Waals surface area contributed by atoms with Crippen LogP contribution in [-0.4, -0.2) is 27.6 Å². The van der Waals surface area contributed by atoms with Gasteiger partial charge in [0, 0.05) is 11.1 Å². The fraction of sp³-hybridized carbons (Fsp3) is 0.500. The Bertz CT molecular complexity index is 477. The van der Waals surface area contributed by atoms with Crippen molar-refractivity contribution in [2.75, 3.05) is 0 Å². The SMILES string of the molecule is CCC(NC(=O)Cn1c(C)csc1=O)C(=O)O. The van der Waals surface area contributed by atoms with E-state index in [-0.39, 0.29) is 11.4 Å². The van der Waals surface area contributed by atoms with Gasteiger partial charge in [-0.05, 0) is 13.3 Å². The molecule has 1 amide bonds. The predicted octanol–water partition coefficient (Wildman–Crippen LogP) is 0.198. The molecule has 0 radical (unpaired) electrons. The Morgan fingerprint density at radius 1 is 1.59 bits per heavy atom. The average Bonchev–Trinajstić information content (AvgIpc) is 2.57. The maximum atomic E-state index is 11.6. The van der Waals surface area contributed by atoms with Crippen molar-refractivity contribution < 1.29 is 14.7 Å². The molecular weight excluding hydrogens is 244 g/mol. The summed E-state index contributed by atoms with van der Waals surface area (Å²) in [6, 6.07) is -0.905. The standard InChI is InChI=1S/C10H14N2O4S/c1-3-7(9(14)15)11-8(13)4-12-6(2)5-17-10(12)16/h5,7H,3-4H2,1-2H3,(H,11,13)(H,14,15). The van der Waals surface area contributed by atoms with Crippen LogP contribution in [0.15, 0.2) is 10.2 Å². The number of carbonyl (C=O) groups excluding carboxylic acids is 1. The highest BCUT2D eigenvalue weighted by atomic mass is 32.1. The molecule has 0 spiro atoms. The molecule has 0 aliphatic carbocycles. The Hall–Kier alpha value is -1.63. The van der Waals surface area contributed by atoms with E-state index in [1.165, 1.54) is 4.57 Å². The highest BCUT2D eigenvalue weighted by Crippen LogP contribution is 1.99. The molecule has 0 aromatic carbocycles. The van der Waals surface area contributed by atoms with Crippen molar-refractivity contribution >= 4 is 23.2 Å². The molecule has 1 heterocycles. The minimum atomic E-state index is -1.07. The number of carbonyl (C=O) groups is 2. The Kier molecular flexibility index (Phi) is 4.45. The number of carboxylic acid groups (broad SMARTS) is 1. The summed E-state index contributed by atoms with van der Waals surface area (Å²) in [6.07, 6.45) is 0.304.